The van der Waals surface area contributed by atoms with Gasteiger partial charge >= 0.3 is 0 Å². The van der Waals surface area contributed by atoms with Gasteiger partial charge in [-0.15, -0.1) is 0 Å². The second-order valence-corrected chi connectivity index (χ2v) is 6.12. The maximum atomic E-state index is 12.4. The number of benzene rings is 1. The van der Waals surface area contributed by atoms with Crippen LogP contribution < -0.4 is 4.74 Å². The summed E-state index contributed by atoms with van der Waals surface area (Å²) in [4.78, 5) is 23.2. The molecule has 1 atom stereocenters. The number of rotatable bonds is 5. The molecule has 25 heavy (non-hydrogen) atoms. The highest BCUT2D eigenvalue weighted by atomic mass is 16.5. The second kappa shape index (κ2) is 8.07. The lowest BCUT2D eigenvalue weighted by molar-refractivity contribution is -0.139. The van der Waals surface area contributed by atoms with E-state index in [2.05, 4.69) is 9.97 Å². The van der Waals surface area contributed by atoms with Crippen molar-refractivity contribution in [1.82, 2.24) is 14.9 Å². The number of hydrogen-bond acceptors (Lipinski definition) is 5. The van der Waals surface area contributed by atoms with Gasteiger partial charge in [-0.1, -0.05) is 18.2 Å². The zero-order valence-electron chi connectivity index (χ0n) is 14.6. The largest absolute Gasteiger partial charge is 0.493 e. The van der Waals surface area contributed by atoms with Crippen LogP contribution in [0.1, 0.15) is 29.7 Å². The summed E-state index contributed by atoms with van der Waals surface area (Å²) in [5.41, 5.74) is 1.82. The Morgan fingerprint density at radius 3 is 2.68 bits per heavy atom. The number of ether oxygens (including phenoxy) is 2. The van der Waals surface area contributed by atoms with Crippen LogP contribution in [0.15, 0.2) is 36.4 Å². The fourth-order valence-corrected chi connectivity index (χ4v) is 2.86. The summed E-state index contributed by atoms with van der Waals surface area (Å²) in [5.74, 6) is 1.49. The summed E-state index contributed by atoms with van der Waals surface area (Å²) in [7, 11) is 0. The number of aromatic nitrogens is 2. The predicted octanol–water partition coefficient (Wildman–Crippen LogP) is 2.46. The third-order valence-electron chi connectivity index (χ3n) is 4.03. The van der Waals surface area contributed by atoms with E-state index in [-0.39, 0.29) is 12.0 Å². The summed E-state index contributed by atoms with van der Waals surface area (Å²) in [5, 5.41) is 0. The van der Waals surface area contributed by atoms with Crippen molar-refractivity contribution in [3.63, 3.8) is 0 Å². The first kappa shape index (κ1) is 17.4. The zero-order chi connectivity index (χ0) is 17.6. The van der Waals surface area contributed by atoms with Crippen LogP contribution in [0.4, 0.5) is 0 Å². The molecule has 2 aromatic rings. The molecule has 6 heteroatoms. The van der Waals surface area contributed by atoms with Crippen LogP contribution >= 0.6 is 0 Å². The highest BCUT2D eigenvalue weighted by molar-refractivity contribution is 5.76. The molecule has 0 bridgehead atoms. The molecule has 1 aromatic carbocycles. The number of para-hydroxylation sites is 1. The standard InChI is InChI=1S/C19H23N3O3/c1-14-12-15(2)21-19(20-14)17-13-22(9-11-25-17)18(23)8-10-24-16-6-4-3-5-7-16/h3-7,12,17H,8-11,13H2,1-2H3. The van der Waals surface area contributed by atoms with Crippen molar-refractivity contribution in [3.8, 4) is 5.75 Å². The van der Waals surface area contributed by atoms with E-state index in [1.165, 1.54) is 0 Å². The van der Waals surface area contributed by atoms with Gasteiger partial charge in [0.05, 0.1) is 26.2 Å². The van der Waals surface area contributed by atoms with Crippen LogP contribution in [0.5, 0.6) is 5.75 Å². The Labute approximate surface area is 147 Å². The number of carbonyl (C=O) groups excluding carboxylic acids is 1. The monoisotopic (exact) mass is 341 g/mol. The number of hydrogen-bond donors (Lipinski definition) is 0. The highest BCUT2D eigenvalue weighted by Gasteiger charge is 2.27. The second-order valence-electron chi connectivity index (χ2n) is 6.12. The van der Waals surface area contributed by atoms with Crippen molar-refractivity contribution in [1.29, 1.82) is 0 Å². The highest BCUT2D eigenvalue weighted by Crippen LogP contribution is 2.20. The number of amides is 1. The van der Waals surface area contributed by atoms with Gasteiger partial charge in [0.15, 0.2) is 5.82 Å². The van der Waals surface area contributed by atoms with E-state index in [4.69, 9.17) is 9.47 Å². The Morgan fingerprint density at radius 2 is 1.96 bits per heavy atom. The molecule has 1 unspecified atom stereocenters. The number of aryl methyl sites for hydroxylation is 2. The quantitative estimate of drug-likeness (QED) is 0.836. The van der Waals surface area contributed by atoms with E-state index in [0.29, 0.717) is 38.5 Å². The summed E-state index contributed by atoms with van der Waals surface area (Å²) in [6.07, 6.45) is 0.0707. The van der Waals surface area contributed by atoms with Gasteiger partial charge in [-0.3, -0.25) is 4.79 Å². The molecule has 0 saturated carbocycles. The van der Waals surface area contributed by atoms with E-state index in [1.807, 2.05) is 55.1 Å². The Hall–Kier alpha value is -2.47. The van der Waals surface area contributed by atoms with Crippen LogP contribution in [0.2, 0.25) is 0 Å². The van der Waals surface area contributed by atoms with Crippen molar-refractivity contribution in [2.45, 2.75) is 26.4 Å². The SMILES string of the molecule is Cc1cc(C)nc(C2CN(C(=O)CCOc3ccccc3)CCO2)n1. The van der Waals surface area contributed by atoms with Gasteiger partial charge in [0.25, 0.3) is 0 Å². The average molecular weight is 341 g/mol. The first-order chi connectivity index (χ1) is 12.1. The van der Waals surface area contributed by atoms with Gasteiger partial charge in [0, 0.05) is 17.9 Å². The zero-order valence-corrected chi connectivity index (χ0v) is 14.6. The first-order valence-corrected chi connectivity index (χ1v) is 8.51. The minimum absolute atomic E-state index is 0.0635. The molecule has 1 fully saturated rings. The Bertz CT molecular complexity index is 701. The minimum Gasteiger partial charge on any atom is -0.493 e. The molecule has 0 radical (unpaired) electrons. The van der Waals surface area contributed by atoms with E-state index in [0.717, 1.165) is 17.1 Å². The van der Waals surface area contributed by atoms with E-state index in [9.17, 15) is 4.79 Å². The summed E-state index contributed by atoms with van der Waals surface area (Å²) < 4.78 is 11.4. The topological polar surface area (TPSA) is 64.6 Å². The fraction of sp³-hybridized carbons (Fsp3) is 0.421. The molecule has 3 rings (SSSR count). The molecule has 0 N–H and O–H groups in total. The molecule has 1 aliphatic rings. The van der Waals surface area contributed by atoms with Crippen molar-refractivity contribution in [2.75, 3.05) is 26.3 Å². The van der Waals surface area contributed by atoms with E-state index in [1.54, 1.807) is 0 Å². The van der Waals surface area contributed by atoms with Gasteiger partial charge in [-0.25, -0.2) is 9.97 Å². The van der Waals surface area contributed by atoms with Gasteiger partial charge in [0.1, 0.15) is 11.9 Å². The molecule has 1 aromatic heterocycles. The van der Waals surface area contributed by atoms with Crippen molar-refractivity contribution in [2.24, 2.45) is 0 Å². The van der Waals surface area contributed by atoms with Gasteiger partial charge in [-0.2, -0.15) is 0 Å². The maximum Gasteiger partial charge on any atom is 0.226 e. The van der Waals surface area contributed by atoms with Gasteiger partial charge < -0.3 is 14.4 Å². The first-order valence-electron chi connectivity index (χ1n) is 8.51. The number of carbonyl (C=O) groups is 1. The van der Waals surface area contributed by atoms with Gasteiger partial charge in [0.2, 0.25) is 5.91 Å². The molecule has 132 valence electrons. The molecule has 0 aliphatic carbocycles. The van der Waals surface area contributed by atoms with Crippen LogP contribution in [-0.4, -0.2) is 47.1 Å². The van der Waals surface area contributed by atoms with Crippen molar-refractivity contribution >= 4 is 5.91 Å². The number of morpholine rings is 1. The lowest BCUT2D eigenvalue weighted by Crippen LogP contribution is -2.43. The maximum absolute atomic E-state index is 12.4. The molecule has 0 spiro atoms. The minimum atomic E-state index is -0.272. The van der Waals surface area contributed by atoms with Crippen LogP contribution in [0.25, 0.3) is 0 Å². The molecule has 1 aliphatic heterocycles. The van der Waals surface area contributed by atoms with Crippen LogP contribution in [0, 0.1) is 13.8 Å². The Kier molecular flexibility index (Phi) is 5.60. The molecular formula is C19H23N3O3. The van der Waals surface area contributed by atoms with Gasteiger partial charge in [-0.05, 0) is 32.0 Å². The van der Waals surface area contributed by atoms with E-state index < -0.39 is 0 Å². The fourth-order valence-electron chi connectivity index (χ4n) is 2.86. The summed E-state index contributed by atoms with van der Waals surface area (Å²) in [6, 6.07) is 11.4. The molecule has 1 saturated heterocycles. The molecule has 2 heterocycles. The normalized spacial score (nSPS) is 17.4. The third-order valence-corrected chi connectivity index (χ3v) is 4.03. The number of nitrogens with zero attached hydrogens (tertiary/aromatic N) is 3. The Balaban J connectivity index is 1.54. The molecule has 6 nitrogen and oxygen atoms in total. The third kappa shape index (κ3) is 4.76. The smallest absolute Gasteiger partial charge is 0.226 e. The van der Waals surface area contributed by atoms with Crippen molar-refractivity contribution in [3.05, 3.63) is 53.6 Å². The lowest BCUT2D eigenvalue weighted by atomic mass is 10.2. The van der Waals surface area contributed by atoms with Crippen molar-refractivity contribution < 1.29 is 14.3 Å². The van der Waals surface area contributed by atoms with Crippen LogP contribution in [0.3, 0.4) is 0 Å². The summed E-state index contributed by atoms with van der Waals surface area (Å²) in [6.45, 7) is 5.80. The average Bonchev–Trinajstić information content (AvgIpc) is 2.62. The molecular weight excluding hydrogens is 318 g/mol. The summed E-state index contributed by atoms with van der Waals surface area (Å²) >= 11 is 0. The van der Waals surface area contributed by atoms with E-state index >= 15 is 0 Å². The Morgan fingerprint density at radius 1 is 1.24 bits per heavy atom. The van der Waals surface area contributed by atoms with Crippen LogP contribution in [-0.2, 0) is 9.53 Å². The molecule has 1 amide bonds. The lowest BCUT2D eigenvalue weighted by Gasteiger charge is -2.32. The predicted molar refractivity (Wildman–Crippen MR) is 93.3 cm³/mol.